The number of hydrogen-bond acceptors (Lipinski definition) is 5. The summed E-state index contributed by atoms with van der Waals surface area (Å²) in [5, 5.41) is 6.16. The Labute approximate surface area is 135 Å². The molecule has 3 rings (SSSR count). The summed E-state index contributed by atoms with van der Waals surface area (Å²) in [4.78, 5) is 16.2. The van der Waals surface area contributed by atoms with Gasteiger partial charge < -0.3 is 10.6 Å². The molecule has 2 aliphatic heterocycles. The van der Waals surface area contributed by atoms with E-state index >= 15 is 0 Å². The smallest absolute Gasteiger partial charge is 0.263 e. The predicted molar refractivity (Wildman–Crippen MR) is 86.8 cm³/mol. The molecule has 0 radical (unpaired) electrons. The van der Waals surface area contributed by atoms with E-state index in [1.807, 2.05) is 0 Å². The van der Waals surface area contributed by atoms with E-state index in [0.717, 1.165) is 25.9 Å². The van der Waals surface area contributed by atoms with Crippen LogP contribution in [0.2, 0.25) is 0 Å². The molecule has 1 fully saturated rings. The van der Waals surface area contributed by atoms with E-state index in [4.69, 9.17) is 0 Å². The molecule has 1 unspecified atom stereocenters. The second kappa shape index (κ2) is 6.67. The zero-order valence-electron chi connectivity index (χ0n) is 12.7. The van der Waals surface area contributed by atoms with Crippen molar-refractivity contribution in [2.45, 2.75) is 17.7 Å². The van der Waals surface area contributed by atoms with E-state index in [-0.39, 0.29) is 23.2 Å². The molecule has 3 N–H and O–H groups in total. The standard InChI is InChI=1S/C15H20N4O3S/c20-14(17-9-11-4-3-7-16-8-11)10-18-15-12-5-1-2-6-13(12)23(21,22)19-15/h1-2,5-6,11,16H,3-4,7-10H2,(H,17,20)(H,18,19). The maximum atomic E-state index is 11.9. The van der Waals surface area contributed by atoms with Crippen LogP contribution in [-0.4, -0.2) is 46.3 Å². The van der Waals surface area contributed by atoms with Crippen LogP contribution in [0.25, 0.3) is 0 Å². The number of piperidine rings is 1. The molecule has 7 nitrogen and oxygen atoms in total. The minimum Gasteiger partial charge on any atom is -0.354 e. The highest BCUT2D eigenvalue weighted by atomic mass is 32.2. The summed E-state index contributed by atoms with van der Waals surface area (Å²) in [6.07, 6.45) is 2.23. The van der Waals surface area contributed by atoms with Gasteiger partial charge in [0.05, 0.1) is 4.90 Å². The van der Waals surface area contributed by atoms with Gasteiger partial charge in [-0.2, -0.15) is 0 Å². The van der Waals surface area contributed by atoms with Gasteiger partial charge in [-0.15, -0.1) is 0 Å². The van der Waals surface area contributed by atoms with Crippen molar-refractivity contribution < 1.29 is 13.2 Å². The summed E-state index contributed by atoms with van der Waals surface area (Å²) in [6.45, 7) is 2.49. The minimum absolute atomic E-state index is 0.0909. The Hall–Kier alpha value is -1.93. The second-order valence-electron chi connectivity index (χ2n) is 5.78. The fourth-order valence-corrected chi connectivity index (χ4v) is 4.07. The van der Waals surface area contributed by atoms with Gasteiger partial charge >= 0.3 is 0 Å². The topological polar surface area (TPSA) is 99.7 Å². The van der Waals surface area contributed by atoms with Gasteiger partial charge in [-0.25, -0.2) is 8.42 Å². The van der Waals surface area contributed by atoms with Crippen molar-refractivity contribution in [1.29, 1.82) is 0 Å². The van der Waals surface area contributed by atoms with Gasteiger partial charge in [-0.1, -0.05) is 12.1 Å². The molecule has 0 aromatic heterocycles. The summed E-state index contributed by atoms with van der Waals surface area (Å²) in [5.41, 5.74) is 0.511. The van der Waals surface area contributed by atoms with Gasteiger partial charge in [0, 0.05) is 12.1 Å². The van der Waals surface area contributed by atoms with E-state index in [1.165, 1.54) is 6.07 Å². The number of aliphatic imine (C=N–C) groups is 1. The maximum Gasteiger partial charge on any atom is 0.263 e. The highest BCUT2D eigenvalue weighted by Crippen LogP contribution is 2.21. The molecule has 124 valence electrons. The van der Waals surface area contributed by atoms with Crippen LogP contribution in [0.1, 0.15) is 18.4 Å². The third-order valence-corrected chi connectivity index (χ3v) is 5.43. The molecule has 0 aliphatic carbocycles. The lowest BCUT2D eigenvalue weighted by Gasteiger charge is -2.22. The first-order valence-electron chi connectivity index (χ1n) is 7.70. The molecule has 0 saturated carbocycles. The van der Waals surface area contributed by atoms with Gasteiger partial charge in [-0.05, 0) is 44.0 Å². The van der Waals surface area contributed by atoms with Gasteiger partial charge in [0.15, 0.2) is 0 Å². The lowest BCUT2D eigenvalue weighted by Crippen LogP contribution is -2.39. The zero-order valence-corrected chi connectivity index (χ0v) is 13.5. The maximum absolute atomic E-state index is 11.9. The first-order valence-corrected chi connectivity index (χ1v) is 9.19. The third kappa shape index (κ3) is 3.70. The number of carbonyl (C=O) groups is 1. The van der Waals surface area contributed by atoms with E-state index in [0.29, 0.717) is 18.0 Å². The highest BCUT2D eigenvalue weighted by Gasteiger charge is 2.30. The first-order chi connectivity index (χ1) is 11.1. The van der Waals surface area contributed by atoms with Gasteiger partial charge in [0.1, 0.15) is 12.4 Å². The highest BCUT2D eigenvalue weighted by molar-refractivity contribution is 7.90. The number of nitrogens with zero attached hydrogens (tertiary/aromatic N) is 1. The van der Waals surface area contributed by atoms with Crippen molar-refractivity contribution >= 4 is 21.8 Å². The lowest BCUT2D eigenvalue weighted by atomic mass is 10.00. The Kier molecular flexibility index (Phi) is 4.63. The molecule has 0 bridgehead atoms. The number of nitrogens with one attached hydrogen (secondary N) is 3. The van der Waals surface area contributed by atoms with E-state index in [2.05, 4.69) is 20.3 Å². The number of carbonyl (C=O) groups excluding carboxylic acids is 1. The summed E-state index contributed by atoms with van der Waals surface area (Å²) < 4.78 is 26.3. The molecular weight excluding hydrogens is 316 g/mol. The average Bonchev–Trinajstić information content (AvgIpc) is 2.83. The predicted octanol–water partition coefficient (Wildman–Crippen LogP) is -0.159. The van der Waals surface area contributed by atoms with Crippen molar-refractivity contribution in [2.75, 3.05) is 26.2 Å². The van der Waals surface area contributed by atoms with Crippen LogP contribution in [0.3, 0.4) is 0 Å². The molecule has 1 amide bonds. The van der Waals surface area contributed by atoms with Gasteiger partial charge in [0.25, 0.3) is 10.0 Å². The second-order valence-corrected chi connectivity index (χ2v) is 7.43. The Morgan fingerprint density at radius 3 is 2.96 bits per heavy atom. The summed E-state index contributed by atoms with van der Waals surface area (Å²) in [6, 6.07) is 6.60. The molecule has 1 aromatic rings. The Balaban J connectivity index is 1.59. The number of benzene rings is 1. The molecule has 0 spiro atoms. The quantitative estimate of drug-likeness (QED) is 0.711. The van der Waals surface area contributed by atoms with Gasteiger partial charge in [0.2, 0.25) is 5.91 Å². The summed E-state index contributed by atoms with van der Waals surface area (Å²) >= 11 is 0. The number of amidine groups is 1. The van der Waals surface area contributed by atoms with Crippen molar-refractivity contribution in [1.82, 2.24) is 15.4 Å². The summed E-state index contributed by atoms with van der Waals surface area (Å²) in [7, 11) is -3.55. The summed E-state index contributed by atoms with van der Waals surface area (Å²) in [5.74, 6) is 0.479. The molecule has 2 heterocycles. The number of sulfonamides is 1. The minimum atomic E-state index is -3.55. The monoisotopic (exact) mass is 336 g/mol. The molecule has 23 heavy (non-hydrogen) atoms. The largest absolute Gasteiger partial charge is 0.354 e. The number of fused-ring (bicyclic) bond motifs is 1. The Bertz CT molecular complexity index is 724. The van der Waals surface area contributed by atoms with Gasteiger partial charge in [-0.3, -0.25) is 14.5 Å². The third-order valence-electron chi connectivity index (χ3n) is 4.03. The number of hydrogen-bond donors (Lipinski definition) is 3. The molecule has 8 heteroatoms. The van der Waals surface area contributed by atoms with E-state index in [9.17, 15) is 13.2 Å². The van der Waals surface area contributed by atoms with Crippen molar-refractivity contribution in [2.24, 2.45) is 10.9 Å². The van der Waals surface area contributed by atoms with Crippen molar-refractivity contribution in [3.8, 4) is 0 Å². The SMILES string of the molecule is O=C(CN=C1NS(=O)(=O)c2ccccc21)NCC1CCCNC1. The first kappa shape index (κ1) is 15.9. The van der Waals surface area contributed by atoms with E-state index in [1.54, 1.807) is 18.2 Å². The Morgan fingerprint density at radius 1 is 1.35 bits per heavy atom. The number of amides is 1. The molecule has 1 aromatic carbocycles. The molecule has 1 atom stereocenters. The number of rotatable bonds is 4. The normalized spacial score (nSPS) is 24.0. The zero-order chi connectivity index (χ0) is 16.3. The van der Waals surface area contributed by atoms with Crippen molar-refractivity contribution in [3.63, 3.8) is 0 Å². The molecule has 2 aliphatic rings. The fourth-order valence-electron chi connectivity index (χ4n) is 2.81. The Morgan fingerprint density at radius 2 is 2.17 bits per heavy atom. The lowest BCUT2D eigenvalue weighted by molar-refractivity contribution is -0.119. The van der Waals surface area contributed by atoms with Crippen LogP contribution in [0.4, 0.5) is 0 Å². The van der Waals surface area contributed by atoms with Crippen LogP contribution in [0, 0.1) is 5.92 Å². The van der Waals surface area contributed by atoms with Crippen LogP contribution in [0.15, 0.2) is 34.2 Å². The van der Waals surface area contributed by atoms with Crippen LogP contribution in [-0.2, 0) is 14.8 Å². The average molecular weight is 336 g/mol. The van der Waals surface area contributed by atoms with Crippen LogP contribution >= 0.6 is 0 Å². The van der Waals surface area contributed by atoms with E-state index < -0.39 is 10.0 Å². The fraction of sp³-hybridized carbons (Fsp3) is 0.467. The molecule has 1 saturated heterocycles. The molecular formula is C15H20N4O3S. The van der Waals surface area contributed by atoms with Crippen LogP contribution < -0.4 is 15.4 Å². The van der Waals surface area contributed by atoms with Crippen molar-refractivity contribution in [3.05, 3.63) is 29.8 Å². The van der Waals surface area contributed by atoms with Crippen LogP contribution in [0.5, 0.6) is 0 Å².